The van der Waals surface area contributed by atoms with Crippen LogP contribution in [0.2, 0.25) is 0 Å². The van der Waals surface area contributed by atoms with Crippen LogP contribution in [0.3, 0.4) is 0 Å². The third kappa shape index (κ3) is 7.00. The molecular formula is C26H28N2O3. The minimum atomic E-state index is -0.199. The SMILES string of the molecule is CN(C)C(=O)CCc1cccc(NC(=O)c2cccc(OCCc3ccccc3)c2)c1. The van der Waals surface area contributed by atoms with Gasteiger partial charge in [0.1, 0.15) is 5.75 Å². The molecule has 0 radical (unpaired) electrons. The van der Waals surface area contributed by atoms with E-state index in [-0.39, 0.29) is 11.8 Å². The number of ether oxygens (including phenoxy) is 1. The van der Waals surface area contributed by atoms with E-state index < -0.39 is 0 Å². The fourth-order valence-corrected chi connectivity index (χ4v) is 3.14. The Bertz CT molecular complexity index is 1020. The lowest BCUT2D eigenvalue weighted by Crippen LogP contribution is -2.21. The minimum absolute atomic E-state index is 0.0820. The molecule has 0 aromatic heterocycles. The number of carbonyl (C=O) groups excluding carboxylic acids is 2. The first kappa shape index (κ1) is 22.1. The molecule has 3 aromatic carbocycles. The number of anilines is 1. The molecule has 3 aromatic rings. The van der Waals surface area contributed by atoms with Crippen molar-refractivity contribution < 1.29 is 14.3 Å². The van der Waals surface area contributed by atoms with Gasteiger partial charge in [-0.15, -0.1) is 0 Å². The van der Waals surface area contributed by atoms with Gasteiger partial charge in [-0.05, 0) is 47.9 Å². The maximum absolute atomic E-state index is 12.7. The third-order valence-electron chi connectivity index (χ3n) is 4.91. The van der Waals surface area contributed by atoms with E-state index in [0.29, 0.717) is 36.4 Å². The van der Waals surface area contributed by atoms with Crippen LogP contribution in [-0.2, 0) is 17.6 Å². The zero-order valence-electron chi connectivity index (χ0n) is 18.0. The summed E-state index contributed by atoms with van der Waals surface area (Å²) in [6.07, 6.45) is 1.87. The molecule has 0 spiro atoms. The van der Waals surface area contributed by atoms with Crippen LogP contribution in [-0.4, -0.2) is 37.4 Å². The average molecular weight is 417 g/mol. The number of aryl methyl sites for hydroxylation is 1. The van der Waals surface area contributed by atoms with Crippen LogP contribution in [0.25, 0.3) is 0 Å². The van der Waals surface area contributed by atoms with Crippen molar-refractivity contribution in [2.24, 2.45) is 0 Å². The summed E-state index contributed by atoms with van der Waals surface area (Å²) >= 11 is 0. The minimum Gasteiger partial charge on any atom is -0.493 e. The standard InChI is InChI=1S/C26H28N2O3/c1-28(2)25(29)15-14-21-10-6-12-23(18-21)27-26(30)22-11-7-13-24(19-22)31-17-16-20-8-4-3-5-9-20/h3-13,18-19H,14-17H2,1-2H3,(H,27,30). The molecule has 0 atom stereocenters. The molecule has 0 fully saturated rings. The van der Waals surface area contributed by atoms with E-state index in [1.54, 1.807) is 31.1 Å². The van der Waals surface area contributed by atoms with E-state index in [4.69, 9.17) is 4.74 Å². The molecule has 0 saturated carbocycles. The second-order valence-corrected chi connectivity index (χ2v) is 7.55. The number of hydrogen-bond acceptors (Lipinski definition) is 3. The largest absolute Gasteiger partial charge is 0.493 e. The number of amides is 2. The van der Waals surface area contributed by atoms with Gasteiger partial charge in [0.2, 0.25) is 5.91 Å². The second kappa shape index (κ2) is 11.0. The molecule has 5 heteroatoms. The third-order valence-corrected chi connectivity index (χ3v) is 4.91. The van der Waals surface area contributed by atoms with E-state index in [2.05, 4.69) is 17.4 Å². The number of carbonyl (C=O) groups is 2. The van der Waals surface area contributed by atoms with E-state index >= 15 is 0 Å². The molecule has 160 valence electrons. The fourth-order valence-electron chi connectivity index (χ4n) is 3.14. The van der Waals surface area contributed by atoms with Crippen molar-refractivity contribution in [3.8, 4) is 5.75 Å². The van der Waals surface area contributed by atoms with Crippen molar-refractivity contribution in [2.45, 2.75) is 19.3 Å². The highest BCUT2D eigenvalue weighted by Gasteiger charge is 2.09. The van der Waals surface area contributed by atoms with Crippen molar-refractivity contribution in [1.29, 1.82) is 0 Å². The van der Waals surface area contributed by atoms with Gasteiger partial charge in [-0.25, -0.2) is 0 Å². The summed E-state index contributed by atoms with van der Waals surface area (Å²) in [5.74, 6) is 0.549. The predicted molar refractivity (Wildman–Crippen MR) is 123 cm³/mol. The molecule has 0 heterocycles. The van der Waals surface area contributed by atoms with Crippen molar-refractivity contribution >= 4 is 17.5 Å². The van der Waals surface area contributed by atoms with Gasteiger partial charge in [0, 0.05) is 38.2 Å². The average Bonchev–Trinajstić information content (AvgIpc) is 2.78. The van der Waals surface area contributed by atoms with Crippen LogP contribution in [0.1, 0.15) is 27.9 Å². The lowest BCUT2D eigenvalue weighted by molar-refractivity contribution is -0.128. The Balaban J connectivity index is 1.56. The molecule has 5 nitrogen and oxygen atoms in total. The molecule has 0 saturated heterocycles. The van der Waals surface area contributed by atoms with Crippen LogP contribution in [0.4, 0.5) is 5.69 Å². The summed E-state index contributed by atoms with van der Waals surface area (Å²) in [5, 5.41) is 2.93. The van der Waals surface area contributed by atoms with E-state index in [9.17, 15) is 9.59 Å². The predicted octanol–water partition coefficient (Wildman–Crippen LogP) is 4.58. The lowest BCUT2D eigenvalue weighted by atomic mass is 10.1. The Morgan fingerprint density at radius 2 is 1.58 bits per heavy atom. The van der Waals surface area contributed by atoms with Crippen LogP contribution < -0.4 is 10.1 Å². The Kier molecular flexibility index (Phi) is 7.82. The van der Waals surface area contributed by atoms with Gasteiger partial charge < -0.3 is 15.0 Å². The summed E-state index contributed by atoms with van der Waals surface area (Å²) in [5.41, 5.74) is 3.45. The molecule has 3 rings (SSSR count). The topological polar surface area (TPSA) is 58.6 Å². The molecule has 0 unspecified atom stereocenters. The second-order valence-electron chi connectivity index (χ2n) is 7.55. The van der Waals surface area contributed by atoms with Crippen molar-refractivity contribution in [2.75, 3.05) is 26.0 Å². The van der Waals surface area contributed by atoms with E-state index in [1.165, 1.54) is 5.56 Å². The summed E-state index contributed by atoms with van der Waals surface area (Å²) < 4.78 is 5.83. The molecule has 0 aliphatic rings. The van der Waals surface area contributed by atoms with Crippen molar-refractivity contribution in [3.05, 3.63) is 95.6 Å². The first-order valence-electron chi connectivity index (χ1n) is 10.4. The highest BCUT2D eigenvalue weighted by molar-refractivity contribution is 6.04. The van der Waals surface area contributed by atoms with Crippen LogP contribution in [0, 0.1) is 0 Å². The summed E-state index contributed by atoms with van der Waals surface area (Å²) in [7, 11) is 3.50. The Morgan fingerprint density at radius 3 is 2.35 bits per heavy atom. The van der Waals surface area contributed by atoms with Gasteiger partial charge >= 0.3 is 0 Å². The van der Waals surface area contributed by atoms with Crippen LogP contribution >= 0.6 is 0 Å². The monoisotopic (exact) mass is 416 g/mol. The maximum Gasteiger partial charge on any atom is 0.255 e. The zero-order valence-corrected chi connectivity index (χ0v) is 18.0. The highest BCUT2D eigenvalue weighted by atomic mass is 16.5. The summed E-state index contributed by atoms with van der Waals surface area (Å²) in [6, 6.07) is 24.9. The Morgan fingerprint density at radius 1 is 0.839 bits per heavy atom. The van der Waals surface area contributed by atoms with Crippen LogP contribution in [0.15, 0.2) is 78.9 Å². The number of benzene rings is 3. The van der Waals surface area contributed by atoms with Crippen LogP contribution in [0.5, 0.6) is 5.75 Å². The van der Waals surface area contributed by atoms with Gasteiger partial charge in [0.05, 0.1) is 6.61 Å². The molecule has 2 amide bonds. The van der Waals surface area contributed by atoms with Gasteiger partial charge in [-0.2, -0.15) is 0 Å². The van der Waals surface area contributed by atoms with E-state index in [0.717, 1.165) is 12.0 Å². The van der Waals surface area contributed by atoms with Gasteiger partial charge in [0.15, 0.2) is 0 Å². The van der Waals surface area contributed by atoms with Gasteiger partial charge in [-0.1, -0.05) is 48.5 Å². The lowest BCUT2D eigenvalue weighted by Gasteiger charge is -2.11. The summed E-state index contributed by atoms with van der Waals surface area (Å²) in [6.45, 7) is 0.544. The molecule has 1 N–H and O–H groups in total. The van der Waals surface area contributed by atoms with Gasteiger partial charge in [-0.3, -0.25) is 9.59 Å². The fraction of sp³-hybridized carbons (Fsp3) is 0.231. The summed E-state index contributed by atoms with van der Waals surface area (Å²) in [4.78, 5) is 26.1. The van der Waals surface area contributed by atoms with E-state index in [1.807, 2.05) is 54.6 Å². The Hall–Kier alpha value is -3.60. The smallest absolute Gasteiger partial charge is 0.255 e. The normalized spacial score (nSPS) is 10.4. The first-order chi connectivity index (χ1) is 15.0. The van der Waals surface area contributed by atoms with Crippen molar-refractivity contribution in [3.63, 3.8) is 0 Å². The number of rotatable bonds is 9. The number of hydrogen-bond donors (Lipinski definition) is 1. The zero-order chi connectivity index (χ0) is 22.1. The Labute approximate surface area is 183 Å². The molecule has 0 aliphatic heterocycles. The molecule has 0 aliphatic carbocycles. The maximum atomic E-state index is 12.7. The number of nitrogens with zero attached hydrogens (tertiary/aromatic N) is 1. The van der Waals surface area contributed by atoms with Gasteiger partial charge in [0.25, 0.3) is 5.91 Å². The quantitative estimate of drug-likeness (QED) is 0.555. The number of nitrogens with one attached hydrogen (secondary N) is 1. The molecular weight excluding hydrogens is 388 g/mol. The van der Waals surface area contributed by atoms with Crippen molar-refractivity contribution in [1.82, 2.24) is 4.90 Å². The molecule has 31 heavy (non-hydrogen) atoms. The molecule has 0 bridgehead atoms. The highest BCUT2D eigenvalue weighted by Crippen LogP contribution is 2.17. The first-order valence-corrected chi connectivity index (χ1v) is 10.4.